The number of ether oxygens (including phenoxy) is 1. The molecule has 1 aromatic rings. The van der Waals surface area contributed by atoms with Gasteiger partial charge in [0, 0.05) is 36.6 Å². The lowest BCUT2D eigenvalue weighted by atomic mass is 10.1. The van der Waals surface area contributed by atoms with Gasteiger partial charge in [-0.2, -0.15) is 0 Å². The lowest BCUT2D eigenvalue weighted by Gasteiger charge is -2.31. The minimum atomic E-state index is 0.0777. The fourth-order valence-corrected chi connectivity index (χ4v) is 2.78. The van der Waals surface area contributed by atoms with Crippen molar-refractivity contribution in [3.63, 3.8) is 0 Å². The van der Waals surface area contributed by atoms with Crippen LogP contribution >= 0.6 is 11.6 Å². The van der Waals surface area contributed by atoms with Gasteiger partial charge in [-0.05, 0) is 25.0 Å². The number of Topliss-reactive ketones (excluding diaryl/α,β-unsaturated/α-hetero) is 1. The standard InChI is InChI=1S/C16H22ClNO3/c17-14-3-1-2-13(12-14)16(20)6-9-18-7-4-15(5-8-18)21-11-10-19/h1-3,12,15,19H,4-11H2. The maximum Gasteiger partial charge on any atom is 0.164 e. The number of rotatable bonds is 7. The van der Waals surface area contributed by atoms with E-state index in [-0.39, 0.29) is 18.5 Å². The summed E-state index contributed by atoms with van der Waals surface area (Å²) in [5.74, 6) is 0.135. The average Bonchev–Trinajstić information content (AvgIpc) is 2.51. The van der Waals surface area contributed by atoms with Gasteiger partial charge < -0.3 is 14.7 Å². The third-order valence-corrected chi connectivity index (χ3v) is 4.02. The van der Waals surface area contributed by atoms with Crippen LogP contribution in [-0.2, 0) is 4.74 Å². The van der Waals surface area contributed by atoms with E-state index in [4.69, 9.17) is 21.4 Å². The molecule has 0 radical (unpaired) electrons. The van der Waals surface area contributed by atoms with E-state index in [1.165, 1.54) is 0 Å². The monoisotopic (exact) mass is 311 g/mol. The molecular weight excluding hydrogens is 290 g/mol. The van der Waals surface area contributed by atoms with Gasteiger partial charge in [-0.1, -0.05) is 23.7 Å². The molecule has 1 N–H and O–H groups in total. The van der Waals surface area contributed by atoms with Gasteiger partial charge in [0.05, 0.1) is 19.3 Å². The number of carbonyl (C=O) groups excluding carboxylic acids is 1. The Labute approximate surface area is 130 Å². The summed E-state index contributed by atoms with van der Waals surface area (Å²) >= 11 is 5.90. The molecule has 116 valence electrons. The van der Waals surface area contributed by atoms with Crippen LogP contribution in [0.5, 0.6) is 0 Å². The van der Waals surface area contributed by atoms with Crippen molar-refractivity contribution >= 4 is 17.4 Å². The second-order valence-electron chi connectivity index (χ2n) is 5.32. The van der Waals surface area contributed by atoms with Crippen molar-refractivity contribution in [2.45, 2.75) is 25.4 Å². The van der Waals surface area contributed by atoms with Crippen LogP contribution in [0.15, 0.2) is 24.3 Å². The van der Waals surface area contributed by atoms with E-state index in [1.807, 2.05) is 6.07 Å². The number of piperidine rings is 1. The van der Waals surface area contributed by atoms with Crippen molar-refractivity contribution in [1.82, 2.24) is 4.90 Å². The lowest BCUT2D eigenvalue weighted by Crippen LogP contribution is -2.38. The van der Waals surface area contributed by atoms with Crippen molar-refractivity contribution in [2.75, 3.05) is 32.8 Å². The van der Waals surface area contributed by atoms with Crippen LogP contribution < -0.4 is 0 Å². The van der Waals surface area contributed by atoms with Gasteiger partial charge in [0.15, 0.2) is 5.78 Å². The summed E-state index contributed by atoms with van der Waals surface area (Å²) < 4.78 is 5.53. The smallest absolute Gasteiger partial charge is 0.164 e. The predicted molar refractivity (Wildman–Crippen MR) is 82.9 cm³/mol. The van der Waals surface area contributed by atoms with Crippen molar-refractivity contribution in [3.8, 4) is 0 Å². The Morgan fingerprint density at radius 3 is 2.81 bits per heavy atom. The Balaban J connectivity index is 1.71. The first-order valence-corrected chi connectivity index (χ1v) is 7.80. The van der Waals surface area contributed by atoms with E-state index in [2.05, 4.69) is 4.90 Å². The number of likely N-dealkylation sites (tertiary alicyclic amines) is 1. The van der Waals surface area contributed by atoms with Crippen LogP contribution in [-0.4, -0.2) is 54.7 Å². The molecule has 1 aromatic carbocycles. The number of aliphatic hydroxyl groups is 1. The summed E-state index contributed by atoms with van der Waals surface area (Å²) in [6.45, 7) is 3.15. The van der Waals surface area contributed by atoms with E-state index in [0.717, 1.165) is 32.5 Å². The fourth-order valence-electron chi connectivity index (χ4n) is 2.58. The molecule has 2 rings (SSSR count). The van der Waals surface area contributed by atoms with Gasteiger partial charge in [-0.15, -0.1) is 0 Å². The molecule has 1 heterocycles. The summed E-state index contributed by atoms with van der Waals surface area (Å²) in [6, 6.07) is 7.11. The maximum absolute atomic E-state index is 12.1. The van der Waals surface area contributed by atoms with E-state index in [0.29, 0.717) is 23.6 Å². The molecule has 1 saturated heterocycles. The Kier molecular flexibility index (Phi) is 6.64. The highest BCUT2D eigenvalue weighted by molar-refractivity contribution is 6.31. The molecule has 0 spiro atoms. The highest BCUT2D eigenvalue weighted by Crippen LogP contribution is 2.16. The molecule has 0 saturated carbocycles. The van der Waals surface area contributed by atoms with E-state index < -0.39 is 0 Å². The number of halogens is 1. The minimum absolute atomic E-state index is 0.0777. The van der Waals surface area contributed by atoms with Crippen LogP contribution in [0.25, 0.3) is 0 Å². The topological polar surface area (TPSA) is 49.8 Å². The molecule has 1 aliphatic rings. The number of aliphatic hydroxyl groups excluding tert-OH is 1. The molecule has 0 aromatic heterocycles. The molecular formula is C16H22ClNO3. The first kappa shape index (κ1) is 16.4. The molecule has 0 atom stereocenters. The number of hydrogen-bond acceptors (Lipinski definition) is 4. The Morgan fingerprint density at radius 2 is 2.14 bits per heavy atom. The van der Waals surface area contributed by atoms with Gasteiger partial charge in [-0.3, -0.25) is 4.79 Å². The van der Waals surface area contributed by atoms with Crippen molar-refractivity contribution in [1.29, 1.82) is 0 Å². The molecule has 0 unspecified atom stereocenters. The van der Waals surface area contributed by atoms with Crippen LogP contribution in [0.1, 0.15) is 29.6 Å². The Morgan fingerprint density at radius 1 is 1.38 bits per heavy atom. The fraction of sp³-hybridized carbons (Fsp3) is 0.562. The first-order valence-electron chi connectivity index (χ1n) is 7.42. The van der Waals surface area contributed by atoms with Crippen molar-refractivity contribution in [3.05, 3.63) is 34.9 Å². The predicted octanol–water partition coefficient (Wildman–Crippen LogP) is 2.39. The number of benzene rings is 1. The minimum Gasteiger partial charge on any atom is -0.394 e. The largest absolute Gasteiger partial charge is 0.394 e. The van der Waals surface area contributed by atoms with Crippen LogP contribution in [0, 0.1) is 0 Å². The SMILES string of the molecule is O=C(CCN1CCC(OCCO)CC1)c1cccc(Cl)c1. The lowest BCUT2D eigenvalue weighted by molar-refractivity contribution is -0.00760. The van der Waals surface area contributed by atoms with Crippen LogP contribution in [0.3, 0.4) is 0 Å². The zero-order chi connectivity index (χ0) is 15.1. The molecule has 1 aliphatic heterocycles. The number of nitrogens with zero attached hydrogens (tertiary/aromatic N) is 1. The zero-order valence-corrected chi connectivity index (χ0v) is 12.9. The summed E-state index contributed by atoms with van der Waals surface area (Å²) in [5.41, 5.74) is 0.684. The van der Waals surface area contributed by atoms with E-state index >= 15 is 0 Å². The summed E-state index contributed by atoms with van der Waals surface area (Å²) in [5, 5.41) is 9.34. The number of carbonyl (C=O) groups is 1. The molecule has 0 amide bonds. The molecule has 0 aliphatic carbocycles. The normalized spacial score (nSPS) is 17.0. The molecule has 0 bridgehead atoms. The van der Waals surface area contributed by atoms with Crippen LogP contribution in [0.2, 0.25) is 5.02 Å². The number of hydrogen-bond donors (Lipinski definition) is 1. The van der Waals surface area contributed by atoms with Gasteiger partial charge >= 0.3 is 0 Å². The molecule has 21 heavy (non-hydrogen) atoms. The third-order valence-electron chi connectivity index (χ3n) is 3.78. The van der Waals surface area contributed by atoms with Gasteiger partial charge in [0.2, 0.25) is 0 Å². The number of ketones is 1. The van der Waals surface area contributed by atoms with E-state index in [1.54, 1.807) is 18.2 Å². The maximum atomic E-state index is 12.1. The summed E-state index contributed by atoms with van der Waals surface area (Å²) in [4.78, 5) is 14.4. The molecule has 5 heteroatoms. The third kappa shape index (κ3) is 5.40. The van der Waals surface area contributed by atoms with Gasteiger partial charge in [0.25, 0.3) is 0 Å². The zero-order valence-electron chi connectivity index (χ0n) is 12.1. The first-order chi connectivity index (χ1) is 10.2. The van der Waals surface area contributed by atoms with Crippen LogP contribution in [0.4, 0.5) is 0 Å². The van der Waals surface area contributed by atoms with Gasteiger partial charge in [0.1, 0.15) is 0 Å². The van der Waals surface area contributed by atoms with Crippen molar-refractivity contribution < 1.29 is 14.6 Å². The second-order valence-corrected chi connectivity index (χ2v) is 5.76. The summed E-state index contributed by atoms with van der Waals surface area (Å²) in [7, 11) is 0. The second kappa shape index (κ2) is 8.49. The quantitative estimate of drug-likeness (QED) is 0.786. The van der Waals surface area contributed by atoms with Crippen molar-refractivity contribution in [2.24, 2.45) is 0 Å². The molecule has 1 fully saturated rings. The Bertz CT molecular complexity index is 459. The summed E-state index contributed by atoms with van der Waals surface area (Å²) in [6.07, 6.45) is 2.69. The molecule has 4 nitrogen and oxygen atoms in total. The average molecular weight is 312 g/mol. The Hall–Kier alpha value is -0.940. The highest BCUT2D eigenvalue weighted by Gasteiger charge is 2.20. The highest BCUT2D eigenvalue weighted by atomic mass is 35.5. The van der Waals surface area contributed by atoms with Gasteiger partial charge in [-0.25, -0.2) is 0 Å². The van der Waals surface area contributed by atoms with E-state index in [9.17, 15) is 4.79 Å².